The minimum Gasteiger partial charge on any atom is -0.206 e. The van der Waals surface area contributed by atoms with Crippen LogP contribution in [0.5, 0.6) is 0 Å². The molecule has 96 valence electrons. The minimum atomic E-state index is -0.761. The molecular weight excluding hydrogens is 342 g/mol. The average molecular weight is 346 g/mol. The Bertz CT molecular complexity index is 766. The van der Waals surface area contributed by atoms with Gasteiger partial charge in [-0.05, 0) is 24.3 Å². The van der Waals surface area contributed by atoms with Crippen molar-refractivity contribution >= 4 is 33.2 Å². The fraction of sp³-hybridized carbons (Fsp3) is 0. The van der Waals surface area contributed by atoms with Crippen LogP contribution in [0.25, 0.3) is 17.0 Å². The molecule has 0 aliphatic carbocycles. The van der Waals surface area contributed by atoms with Crippen molar-refractivity contribution in [3.05, 3.63) is 45.5 Å². The van der Waals surface area contributed by atoms with Crippen LogP contribution in [0.1, 0.15) is 0 Å². The van der Waals surface area contributed by atoms with Gasteiger partial charge >= 0.3 is 0 Å². The lowest BCUT2D eigenvalue weighted by molar-refractivity contribution is 0.585. The van der Waals surface area contributed by atoms with Crippen LogP contribution in [0.4, 0.5) is 8.78 Å². The van der Waals surface area contributed by atoms with E-state index in [1.54, 1.807) is 6.07 Å². The summed E-state index contributed by atoms with van der Waals surface area (Å²) in [5.74, 6) is -1.56. The van der Waals surface area contributed by atoms with E-state index in [9.17, 15) is 8.78 Å². The van der Waals surface area contributed by atoms with Crippen molar-refractivity contribution in [2.45, 2.75) is 0 Å². The van der Waals surface area contributed by atoms with Crippen molar-refractivity contribution in [1.29, 1.82) is 0 Å². The van der Waals surface area contributed by atoms with E-state index >= 15 is 0 Å². The first kappa shape index (κ1) is 12.4. The number of benzene rings is 1. The van der Waals surface area contributed by atoms with E-state index in [0.29, 0.717) is 10.1 Å². The standard InChI is InChI=1S/C11H4BrClF2N4/c12-5-3-6(14)10(7(15)4-5)11-17-16-9-2-1-8(13)18-19(9)11/h1-4H. The van der Waals surface area contributed by atoms with Crippen LogP contribution in [-0.4, -0.2) is 19.8 Å². The van der Waals surface area contributed by atoms with Gasteiger partial charge in [-0.25, -0.2) is 8.78 Å². The van der Waals surface area contributed by atoms with Crippen LogP contribution < -0.4 is 0 Å². The molecule has 3 aromatic rings. The molecule has 3 rings (SSSR count). The maximum atomic E-state index is 13.9. The van der Waals surface area contributed by atoms with Crippen molar-refractivity contribution < 1.29 is 8.78 Å². The second-order valence-electron chi connectivity index (χ2n) is 3.69. The predicted molar refractivity (Wildman–Crippen MR) is 68.8 cm³/mol. The molecule has 0 atom stereocenters. The minimum absolute atomic E-state index is 0.0417. The molecule has 8 heteroatoms. The van der Waals surface area contributed by atoms with E-state index in [1.165, 1.54) is 10.6 Å². The molecule has 0 radical (unpaired) electrons. The fourth-order valence-corrected chi connectivity index (χ4v) is 2.22. The summed E-state index contributed by atoms with van der Waals surface area (Å²) in [6.07, 6.45) is 0. The van der Waals surface area contributed by atoms with Crippen molar-refractivity contribution in [2.75, 3.05) is 0 Å². The summed E-state index contributed by atoms with van der Waals surface area (Å²) in [5.41, 5.74) is 0.0478. The predicted octanol–water partition coefficient (Wildman–Crippen LogP) is 3.49. The van der Waals surface area contributed by atoms with E-state index in [4.69, 9.17) is 11.6 Å². The van der Waals surface area contributed by atoms with E-state index in [-0.39, 0.29) is 16.5 Å². The molecule has 2 heterocycles. The van der Waals surface area contributed by atoms with Gasteiger partial charge in [-0.3, -0.25) is 0 Å². The maximum Gasteiger partial charge on any atom is 0.191 e. The summed E-state index contributed by atoms with van der Waals surface area (Å²) in [5, 5.41) is 11.6. The molecule has 0 amide bonds. The maximum absolute atomic E-state index is 13.9. The Labute approximate surface area is 119 Å². The third-order valence-corrected chi connectivity index (χ3v) is 3.12. The van der Waals surface area contributed by atoms with Gasteiger partial charge in [0.25, 0.3) is 0 Å². The highest BCUT2D eigenvalue weighted by Gasteiger charge is 2.19. The van der Waals surface area contributed by atoms with Crippen molar-refractivity contribution in [1.82, 2.24) is 19.8 Å². The van der Waals surface area contributed by atoms with E-state index < -0.39 is 11.6 Å². The van der Waals surface area contributed by atoms with Gasteiger partial charge in [-0.15, -0.1) is 10.2 Å². The van der Waals surface area contributed by atoms with Gasteiger partial charge in [0, 0.05) is 4.47 Å². The Morgan fingerprint density at radius 2 is 1.79 bits per heavy atom. The molecule has 2 aromatic heterocycles. The lowest BCUT2D eigenvalue weighted by Crippen LogP contribution is -1.99. The summed E-state index contributed by atoms with van der Waals surface area (Å²) in [7, 11) is 0. The summed E-state index contributed by atoms with van der Waals surface area (Å²) in [6, 6.07) is 5.36. The molecule has 0 aliphatic rings. The van der Waals surface area contributed by atoms with E-state index in [2.05, 4.69) is 31.2 Å². The normalized spacial score (nSPS) is 11.2. The Kier molecular flexibility index (Phi) is 2.94. The zero-order valence-electron chi connectivity index (χ0n) is 9.11. The number of hydrogen-bond acceptors (Lipinski definition) is 3. The Morgan fingerprint density at radius 1 is 1.11 bits per heavy atom. The lowest BCUT2D eigenvalue weighted by Gasteiger charge is -2.03. The second kappa shape index (κ2) is 4.50. The van der Waals surface area contributed by atoms with Crippen LogP contribution >= 0.6 is 27.5 Å². The van der Waals surface area contributed by atoms with Gasteiger partial charge in [-0.1, -0.05) is 27.5 Å². The molecule has 0 fully saturated rings. The number of halogens is 4. The summed E-state index contributed by atoms with van der Waals surface area (Å²) in [4.78, 5) is 0. The molecule has 19 heavy (non-hydrogen) atoms. The van der Waals surface area contributed by atoms with E-state index in [0.717, 1.165) is 12.1 Å². The average Bonchev–Trinajstić information content (AvgIpc) is 2.71. The SMILES string of the molecule is Fc1cc(Br)cc(F)c1-c1nnc2ccc(Cl)nn12. The first-order valence-corrected chi connectivity index (χ1v) is 6.26. The fourth-order valence-electron chi connectivity index (χ4n) is 1.68. The second-order valence-corrected chi connectivity index (χ2v) is 5.00. The Balaban J connectivity index is 2.33. The topological polar surface area (TPSA) is 43.1 Å². The first-order chi connectivity index (χ1) is 9.06. The quantitative estimate of drug-likeness (QED) is 0.678. The monoisotopic (exact) mass is 344 g/mol. The van der Waals surface area contributed by atoms with Gasteiger partial charge in [0.2, 0.25) is 0 Å². The van der Waals surface area contributed by atoms with E-state index in [1.807, 2.05) is 0 Å². The molecule has 0 aliphatic heterocycles. The van der Waals surface area contributed by atoms with Gasteiger partial charge in [0.05, 0.1) is 5.56 Å². The highest BCUT2D eigenvalue weighted by molar-refractivity contribution is 9.10. The number of aromatic nitrogens is 4. The third kappa shape index (κ3) is 2.08. The number of rotatable bonds is 1. The first-order valence-electron chi connectivity index (χ1n) is 5.09. The van der Waals surface area contributed by atoms with Crippen LogP contribution in [-0.2, 0) is 0 Å². The largest absolute Gasteiger partial charge is 0.206 e. The molecule has 1 aromatic carbocycles. The zero-order chi connectivity index (χ0) is 13.6. The van der Waals surface area contributed by atoms with Crippen LogP contribution in [0.3, 0.4) is 0 Å². The molecule has 0 N–H and O–H groups in total. The highest BCUT2D eigenvalue weighted by Crippen LogP contribution is 2.27. The van der Waals surface area contributed by atoms with Crippen LogP contribution in [0, 0.1) is 11.6 Å². The highest BCUT2D eigenvalue weighted by atomic mass is 79.9. The molecule has 0 saturated carbocycles. The molecule has 0 saturated heterocycles. The molecular formula is C11H4BrClF2N4. The molecule has 0 unspecified atom stereocenters. The van der Waals surface area contributed by atoms with Gasteiger partial charge < -0.3 is 0 Å². The van der Waals surface area contributed by atoms with Crippen molar-refractivity contribution in [2.24, 2.45) is 0 Å². The third-order valence-electron chi connectivity index (χ3n) is 2.46. The molecule has 0 bridgehead atoms. The summed E-state index contributed by atoms with van der Waals surface area (Å²) >= 11 is 8.77. The Hall–Kier alpha value is -1.60. The summed E-state index contributed by atoms with van der Waals surface area (Å²) < 4.78 is 29.3. The Morgan fingerprint density at radius 3 is 2.47 bits per heavy atom. The zero-order valence-corrected chi connectivity index (χ0v) is 11.5. The smallest absolute Gasteiger partial charge is 0.191 e. The lowest BCUT2D eigenvalue weighted by atomic mass is 10.2. The number of nitrogens with zero attached hydrogens (tertiary/aromatic N) is 4. The number of hydrogen-bond donors (Lipinski definition) is 0. The van der Waals surface area contributed by atoms with Crippen molar-refractivity contribution in [3.63, 3.8) is 0 Å². The molecule has 0 spiro atoms. The van der Waals surface area contributed by atoms with Crippen LogP contribution in [0.15, 0.2) is 28.7 Å². The number of fused-ring (bicyclic) bond motifs is 1. The summed E-state index contributed by atoms with van der Waals surface area (Å²) in [6.45, 7) is 0. The van der Waals surface area contributed by atoms with Crippen LogP contribution in [0.2, 0.25) is 5.15 Å². The molecule has 4 nitrogen and oxygen atoms in total. The van der Waals surface area contributed by atoms with Gasteiger partial charge in [0.1, 0.15) is 16.8 Å². The van der Waals surface area contributed by atoms with Gasteiger partial charge in [0.15, 0.2) is 11.5 Å². The van der Waals surface area contributed by atoms with Gasteiger partial charge in [-0.2, -0.15) is 9.61 Å². The van der Waals surface area contributed by atoms with Crippen molar-refractivity contribution in [3.8, 4) is 11.4 Å².